The Labute approximate surface area is 114 Å². The van der Waals surface area contributed by atoms with Crippen molar-refractivity contribution in [3.63, 3.8) is 0 Å². The highest BCUT2D eigenvalue weighted by atomic mass is 32.1. The molecule has 1 heterocycles. The maximum atomic E-state index is 5.85. The number of nitrogens with zero attached hydrogens (tertiary/aromatic N) is 1. The third kappa shape index (κ3) is 3.53. The predicted molar refractivity (Wildman–Crippen MR) is 75.7 cm³/mol. The Morgan fingerprint density at radius 1 is 1.28 bits per heavy atom. The fraction of sp³-hybridized carbons (Fsp3) is 0.786. The molecule has 0 amide bonds. The van der Waals surface area contributed by atoms with Gasteiger partial charge in [-0.1, -0.05) is 12.8 Å². The Morgan fingerprint density at radius 3 is 2.61 bits per heavy atom. The Balaban J connectivity index is 1.77. The highest BCUT2D eigenvalue weighted by molar-refractivity contribution is 7.11. The van der Waals surface area contributed by atoms with Gasteiger partial charge in [-0.2, -0.15) is 0 Å². The second-order valence-electron chi connectivity index (χ2n) is 5.30. The molecule has 0 spiro atoms. The molecular formula is C14H24N2OS. The number of aryl methyl sites for hydroxylation is 2. The van der Waals surface area contributed by atoms with Crippen LogP contribution >= 0.6 is 11.3 Å². The Morgan fingerprint density at radius 2 is 2.00 bits per heavy atom. The van der Waals surface area contributed by atoms with Crippen LogP contribution in [0, 0.1) is 25.7 Å². The number of thiazole rings is 1. The van der Waals surface area contributed by atoms with E-state index in [1.807, 2.05) is 0 Å². The summed E-state index contributed by atoms with van der Waals surface area (Å²) in [5.41, 5.74) is 6.97. The van der Waals surface area contributed by atoms with E-state index in [2.05, 4.69) is 18.8 Å². The fourth-order valence-corrected chi connectivity index (χ4v) is 3.58. The molecule has 0 aliphatic heterocycles. The first-order valence-corrected chi connectivity index (χ1v) is 7.73. The van der Waals surface area contributed by atoms with Crippen LogP contribution in [-0.4, -0.2) is 18.1 Å². The zero-order valence-electron chi connectivity index (χ0n) is 11.4. The highest BCUT2D eigenvalue weighted by Gasteiger charge is 2.23. The summed E-state index contributed by atoms with van der Waals surface area (Å²) in [6.07, 6.45) is 5.22. The zero-order chi connectivity index (χ0) is 13.0. The van der Waals surface area contributed by atoms with E-state index in [1.54, 1.807) is 11.3 Å². The summed E-state index contributed by atoms with van der Waals surface area (Å²) >= 11 is 1.75. The maximum absolute atomic E-state index is 5.85. The Hall–Kier alpha value is -0.450. The van der Waals surface area contributed by atoms with E-state index in [0.717, 1.165) is 23.9 Å². The molecule has 3 nitrogen and oxygen atoms in total. The molecule has 2 rings (SSSR count). The first-order chi connectivity index (χ1) is 8.70. The van der Waals surface area contributed by atoms with Crippen molar-refractivity contribution in [2.45, 2.75) is 46.1 Å². The van der Waals surface area contributed by atoms with Crippen LogP contribution in [-0.2, 0) is 11.3 Å². The van der Waals surface area contributed by atoms with Gasteiger partial charge < -0.3 is 10.5 Å². The highest BCUT2D eigenvalue weighted by Crippen LogP contribution is 2.29. The van der Waals surface area contributed by atoms with E-state index in [0.29, 0.717) is 18.4 Å². The standard InChI is InChI=1S/C14H24N2OS/c1-10-11(2)18-14(16-10)9-17-8-13-6-4-3-5-12(13)7-15/h12-13H,3-9,15H2,1-2H3. The molecule has 2 atom stereocenters. The molecular weight excluding hydrogens is 244 g/mol. The maximum Gasteiger partial charge on any atom is 0.119 e. The van der Waals surface area contributed by atoms with Crippen molar-refractivity contribution >= 4 is 11.3 Å². The summed E-state index contributed by atoms with van der Waals surface area (Å²) in [6, 6.07) is 0. The third-order valence-corrected chi connectivity index (χ3v) is 5.05. The van der Waals surface area contributed by atoms with Crippen molar-refractivity contribution < 1.29 is 4.74 Å². The molecule has 4 heteroatoms. The van der Waals surface area contributed by atoms with Gasteiger partial charge in [0.2, 0.25) is 0 Å². The van der Waals surface area contributed by atoms with Gasteiger partial charge in [0, 0.05) is 4.88 Å². The van der Waals surface area contributed by atoms with Gasteiger partial charge in [0.1, 0.15) is 5.01 Å². The zero-order valence-corrected chi connectivity index (χ0v) is 12.3. The van der Waals surface area contributed by atoms with Gasteiger partial charge in [-0.05, 0) is 45.1 Å². The topological polar surface area (TPSA) is 48.1 Å². The second-order valence-corrected chi connectivity index (χ2v) is 6.59. The Bertz CT molecular complexity index is 358. The van der Waals surface area contributed by atoms with Crippen LogP contribution in [0.4, 0.5) is 0 Å². The lowest BCUT2D eigenvalue weighted by Crippen LogP contribution is -2.29. The molecule has 1 saturated carbocycles. The van der Waals surface area contributed by atoms with Crippen molar-refractivity contribution in [3.8, 4) is 0 Å². The lowest BCUT2D eigenvalue weighted by molar-refractivity contribution is 0.0511. The molecule has 102 valence electrons. The first kappa shape index (κ1) is 14.0. The van der Waals surface area contributed by atoms with E-state index in [-0.39, 0.29) is 0 Å². The van der Waals surface area contributed by atoms with Crippen molar-refractivity contribution in [1.82, 2.24) is 4.98 Å². The minimum Gasteiger partial charge on any atom is -0.374 e. The summed E-state index contributed by atoms with van der Waals surface area (Å²) in [5, 5.41) is 1.10. The van der Waals surface area contributed by atoms with Crippen molar-refractivity contribution in [2.75, 3.05) is 13.2 Å². The average Bonchev–Trinajstić information content (AvgIpc) is 2.69. The third-order valence-electron chi connectivity index (χ3n) is 4.00. The minimum absolute atomic E-state index is 0.658. The van der Waals surface area contributed by atoms with E-state index in [9.17, 15) is 0 Å². The van der Waals surface area contributed by atoms with Gasteiger partial charge in [0.15, 0.2) is 0 Å². The van der Waals surface area contributed by atoms with Crippen molar-refractivity contribution in [1.29, 1.82) is 0 Å². The van der Waals surface area contributed by atoms with E-state index in [1.165, 1.54) is 30.6 Å². The number of aromatic nitrogens is 1. The van der Waals surface area contributed by atoms with E-state index >= 15 is 0 Å². The molecule has 18 heavy (non-hydrogen) atoms. The number of ether oxygens (including phenoxy) is 1. The van der Waals surface area contributed by atoms with Crippen LogP contribution in [0.1, 0.15) is 41.3 Å². The van der Waals surface area contributed by atoms with E-state index < -0.39 is 0 Å². The molecule has 1 aromatic rings. The van der Waals surface area contributed by atoms with Gasteiger partial charge in [-0.25, -0.2) is 4.98 Å². The molecule has 0 bridgehead atoms. The molecule has 0 saturated heterocycles. The second kappa shape index (κ2) is 6.64. The van der Waals surface area contributed by atoms with Crippen LogP contribution in [0.2, 0.25) is 0 Å². The molecule has 0 aromatic carbocycles. The summed E-state index contributed by atoms with van der Waals surface area (Å²) in [4.78, 5) is 5.80. The van der Waals surface area contributed by atoms with Crippen molar-refractivity contribution in [2.24, 2.45) is 17.6 Å². The van der Waals surface area contributed by atoms with Crippen LogP contribution in [0.3, 0.4) is 0 Å². The summed E-state index contributed by atoms with van der Waals surface area (Å²) in [5.74, 6) is 1.32. The van der Waals surface area contributed by atoms with Gasteiger partial charge in [0.25, 0.3) is 0 Å². The lowest BCUT2D eigenvalue weighted by Gasteiger charge is -2.30. The number of hydrogen-bond donors (Lipinski definition) is 1. The quantitative estimate of drug-likeness (QED) is 0.893. The van der Waals surface area contributed by atoms with Crippen LogP contribution in [0.5, 0.6) is 0 Å². The van der Waals surface area contributed by atoms with Gasteiger partial charge in [-0.15, -0.1) is 11.3 Å². The average molecular weight is 268 g/mol. The van der Waals surface area contributed by atoms with Crippen LogP contribution in [0.15, 0.2) is 0 Å². The largest absolute Gasteiger partial charge is 0.374 e. The first-order valence-electron chi connectivity index (χ1n) is 6.91. The number of rotatable bonds is 5. The molecule has 0 radical (unpaired) electrons. The minimum atomic E-state index is 0.658. The number of nitrogens with two attached hydrogens (primary N) is 1. The van der Waals surface area contributed by atoms with E-state index in [4.69, 9.17) is 10.5 Å². The van der Waals surface area contributed by atoms with Crippen LogP contribution < -0.4 is 5.73 Å². The molecule has 1 aliphatic rings. The number of hydrogen-bond acceptors (Lipinski definition) is 4. The Kier molecular flexibility index (Phi) is 5.15. The molecule has 1 aliphatic carbocycles. The molecule has 1 fully saturated rings. The van der Waals surface area contributed by atoms with Gasteiger partial charge in [0.05, 0.1) is 18.9 Å². The monoisotopic (exact) mass is 268 g/mol. The molecule has 2 unspecified atom stereocenters. The summed E-state index contributed by atoms with van der Waals surface area (Å²) in [7, 11) is 0. The van der Waals surface area contributed by atoms with Gasteiger partial charge in [-0.3, -0.25) is 0 Å². The van der Waals surface area contributed by atoms with Crippen LogP contribution in [0.25, 0.3) is 0 Å². The normalized spacial score (nSPS) is 24.4. The SMILES string of the molecule is Cc1nc(COCC2CCCCC2CN)sc1C. The smallest absolute Gasteiger partial charge is 0.119 e. The predicted octanol–water partition coefficient (Wildman–Crippen LogP) is 3.04. The lowest BCUT2D eigenvalue weighted by atomic mass is 9.80. The summed E-state index contributed by atoms with van der Waals surface area (Å²) in [6.45, 7) is 6.49. The fourth-order valence-electron chi connectivity index (χ4n) is 2.71. The van der Waals surface area contributed by atoms with Gasteiger partial charge >= 0.3 is 0 Å². The summed E-state index contributed by atoms with van der Waals surface area (Å²) < 4.78 is 5.85. The molecule has 1 aromatic heterocycles. The molecule has 2 N–H and O–H groups in total. The van der Waals surface area contributed by atoms with Crippen molar-refractivity contribution in [3.05, 3.63) is 15.6 Å².